The number of allylic oxidation sites excluding steroid dienone is 2. The van der Waals surface area contributed by atoms with Gasteiger partial charge in [0.25, 0.3) is 0 Å². The molecule has 0 aromatic carbocycles. The number of rotatable bonds is 2. The first-order valence-electron chi connectivity index (χ1n) is 4.12. The first-order valence-corrected chi connectivity index (χ1v) is 4.53. The highest BCUT2D eigenvalue weighted by atomic mass is 32.1. The van der Waals surface area contributed by atoms with Gasteiger partial charge >= 0.3 is 0 Å². The molecule has 1 nitrogen and oxygen atoms in total. The van der Waals surface area contributed by atoms with Gasteiger partial charge in [0.2, 0.25) is 0 Å². The van der Waals surface area contributed by atoms with Crippen LogP contribution in [0.25, 0.3) is 0 Å². The summed E-state index contributed by atoms with van der Waals surface area (Å²) in [5, 5.41) is 2.44. The highest BCUT2D eigenvalue weighted by Crippen LogP contribution is 2.43. The fourth-order valence-electron chi connectivity index (χ4n) is 2.26. The molecule has 2 bridgehead atoms. The molecule has 58 valence electrons. The molecule has 2 heteroatoms. The van der Waals surface area contributed by atoms with Crippen molar-refractivity contribution in [1.82, 2.24) is 0 Å². The lowest BCUT2D eigenvalue weighted by Gasteiger charge is -2.13. The Morgan fingerprint density at radius 2 is 2.36 bits per heavy atom. The third-order valence-electron chi connectivity index (χ3n) is 2.81. The Hall–Kier alpha value is -0.460. The zero-order valence-electron chi connectivity index (χ0n) is 6.36. The Labute approximate surface area is 72.2 Å². The number of nitrogens with zero attached hydrogens (tertiary/aromatic N) is 1. The molecule has 0 aliphatic heterocycles. The van der Waals surface area contributed by atoms with Gasteiger partial charge in [0.1, 0.15) is 0 Å². The maximum absolute atomic E-state index is 4.54. The van der Waals surface area contributed by atoms with E-state index < -0.39 is 0 Å². The minimum absolute atomic E-state index is 0.764. The van der Waals surface area contributed by atoms with Crippen LogP contribution in [0.1, 0.15) is 12.8 Å². The molecule has 0 aromatic rings. The van der Waals surface area contributed by atoms with Crippen LogP contribution in [0.2, 0.25) is 0 Å². The maximum atomic E-state index is 4.54. The fraction of sp³-hybridized carbons (Fsp3) is 0.667. The molecule has 2 rings (SSSR count). The SMILES string of the molecule is S=C=NC[C@H]1C[C@H]2C=C[C@H]1C2. The Morgan fingerprint density at radius 3 is 2.91 bits per heavy atom. The van der Waals surface area contributed by atoms with Gasteiger partial charge in [-0.15, -0.1) is 0 Å². The molecular weight excluding hydrogens is 154 g/mol. The van der Waals surface area contributed by atoms with Crippen LogP contribution in [0.15, 0.2) is 17.1 Å². The van der Waals surface area contributed by atoms with Crippen molar-refractivity contribution in [2.75, 3.05) is 6.54 Å². The minimum Gasteiger partial charge on any atom is -0.232 e. The molecule has 0 aromatic heterocycles. The Morgan fingerprint density at radius 1 is 1.45 bits per heavy atom. The molecule has 11 heavy (non-hydrogen) atoms. The molecule has 1 fully saturated rings. The van der Waals surface area contributed by atoms with Crippen LogP contribution in [-0.4, -0.2) is 11.7 Å². The second kappa shape index (κ2) is 2.88. The lowest BCUT2D eigenvalue weighted by Crippen LogP contribution is -2.09. The Balaban J connectivity index is 1.98. The largest absolute Gasteiger partial charge is 0.232 e. The predicted molar refractivity (Wildman–Crippen MR) is 48.7 cm³/mol. The van der Waals surface area contributed by atoms with Crippen molar-refractivity contribution >= 4 is 17.4 Å². The van der Waals surface area contributed by atoms with Gasteiger partial charge in [0, 0.05) is 0 Å². The van der Waals surface area contributed by atoms with Crippen molar-refractivity contribution in [2.24, 2.45) is 22.7 Å². The van der Waals surface area contributed by atoms with Gasteiger partial charge in [-0.2, -0.15) is 0 Å². The van der Waals surface area contributed by atoms with Gasteiger partial charge < -0.3 is 0 Å². The lowest BCUT2D eigenvalue weighted by atomic mass is 9.94. The van der Waals surface area contributed by atoms with Crippen molar-refractivity contribution in [3.05, 3.63) is 12.2 Å². The summed E-state index contributed by atoms with van der Waals surface area (Å²) in [5.74, 6) is 2.41. The van der Waals surface area contributed by atoms with E-state index in [4.69, 9.17) is 0 Å². The Bertz CT molecular complexity index is 228. The van der Waals surface area contributed by atoms with E-state index in [-0.39, 0.29) is 0 Å². The van der Waals surface area contributed by atoms with Crippen LogP contribution in [0.5, 0.6) is 0 Å². The summed E-state index contributed by atoms with van der Waals surface area (Å²) in [6.07, 6.45) is 7.37. The van der Waals surface area contributed by atoms with E-state index in [0.29, 0.717) is 0 Å². The monoisotopic (exact) mass is 165 g/mol. The van der Waals surface area contributed by atoms with Crippen LogP contribution in [0.4, 0.5) is 0 Å². The summed E-state index contributed by atoms with van der Waals surface area (Å²) < 4.78 is 0. The average Bonchev–Trinajstić information content (AvgIpc) is 2.60. The molecule has 0 radical (unpaired) electrons. The summed E-state index contributed by atoms with van der Waals surface area (Å²) in [5.41, 5.74) is 0. The van der Waals surface area contributed by atoms with Gasteiger partial charge in [-0.05, 0) is 42.8 Å². The Kier molecular flexibility index (Phi) is 1.89. The number of isothiocyanates is 1. The number of thiocarbonyl (C=S) groups is 1. The smallest absolute Gasteiger partial charge is 0.0585 e. The van der Waals surface area contributed by atoms with E-state index in [2.05, 4.69) is 34.5 Å². The zero-order valence-corrected chi connectivity index (χ0v) is 7.18. The zero-order chi connectivity index (χ0) is 7.68. The molecular formula is C9H11NS. The minimum atomic E-state index is 0.764. The molecule has 0 amide bonds. The average molecular weight is 165 g/mol. The van der Waals surface area contributed by atoms with E-state index in [9.17, 15) is 0 Å². The number of fused-ring (bicyclic) bond motifs is 2. The highest BCUT2D eigenvalue weighted by molar-refractivity contribution is 7.78. The molecule has 0 N–H and O–H groups in total. The molecule has 1 saturated carbocycles. The maximum Gasteiger partial charge on any atom is 0.0585 e. The van der Waals surface area contributed by atoms with Crippen LogP contribution in [0.3, 0.4) is 0 Å². The van der Waals surface area contributed by atoms with Gasteiger partial charge in [0.15, 0.2) is 0 Å². The summed E-state index contributed by atoms with van der Waals surface area (Å²) in [6, 6.07) is 0. The standard InChI is InChI=1S/C9H11NS/c11-6-10-5-9-4-7-1-2-8(9)3-7/h1-2,7-9H,3-5H2/t7-,8-,9+/m0/s1. The normalized spacial score (nSPS) is 39.1. The molecule has 2 aliphatic carbocycles. The van der Waals surface area contributed by atoms with Gasteiger partial charge in [-0.3, -0.25) is 0 Å². The molecule has 2 aliphatic rings. The summed E-state index contributed by atoms with van der Waals surface area (Å²) in [4.78, 5) is 4.00. The van der Waals surface area contributed by atoms with Crippen molar-refractivity contribution in [3.8, 4) is 0 Å². The third kappa shape index (κ3) is 1.29. The van der Waals surface area contributed by atoms with E-state index in [1.165, 1.54) is 12.8 Å². The lowest BCUT2D eigenvalue weighted by molar-refractivity contribution is 0.461. The van der Waals surface area contributed by atoms with E-state index >= 15 is 0 Å². The second-order valence-corrected chi connectivity index (χ2v) is 3.65. The summed E-state index contributed by atoms with van der Waals surface area (Å²) in [6.45, 7) is 0.898. The number of hydrogen-bond donors (Lipinski definition) is 0. The van der Waals surface area contributed by atoms with Gasteiger partial charge in [-0.1, -0.05) is 12.2 Å². The van der Waals surface area contributed by atoms with Crippen molar-refractivity contribution in [3.63, 3.8) is 0 Å². The van der Waals surface area contributed by atoms with Crippen LogP contribution in [-0.2, 0) is 0 Å². The third-order valence-corrected chi connectivity index (χ3v) is 2.94. The molecule has 0 spiro atoms. The predicted octanol–water partition coefficient (Wildman–Crippen LogP) is 2.30. The fourth-order valence-corrected chi connectivity index (χ4v) is 2.33. The highest BCUT2D eigenvalue weighted by Gasteiger charge is 2.34. The second-order valence-electron chi connectivity index (χ2n) is 3.47. The number of aliphatic imine (C=N–C) groups is 1. The first kappa shape index (κ1) is 7.20. The quantitative estimate of drug-likeness (QED) is 0.347. The summed E-state index contributed by atoms with van der Waals surface area (Å²) in [7, 11) is 0. The molecule has 3 atom stereocenters. The van der Waals surface area contributed by atoms with E-state index in [1.807, 2.05) is 0 Å². The van der Waals surface area contributed by atoms with Crippen LogP contribution >= 0.6 is 12.2 Å². The van der Waals surface area contributed by atoms with Crippen molar-refractivity contribution in [1.29, 1.82) is 0 Å². The van der Waals surface area contributed by atoms with Crippen molar-refractivity contribution in [2.45, 2.75) is 12.8 Å². The van der Waals surface area contributed by atoms with Crippen molar-refractivity contribution < 1.29 is 0 Å². The molecule has 0 unspecified atom stereocenters. The topological polar surface area (TPSA) is 12.4 Å². The van der Waals surface area contributed by atoms with Crippen LogP contribution in [0, 0.1) is 17.8 Å². The molecule has 0 heterocycles. The van der Waals surface area contributed by atoms with E-state index in [0.717, 1.165) is 24.3 Å². The van der Waals surface area contributed by atoms with E-state index in [1.54, 1.807) is 0 Å². The molecule has 0 saturated heterocycles. The van der Waals surface area contributed by atoms with Gasteiger partial charge in [-0.25, -0.2) is 4.99 Å². The van der Waals surface area contributed by atoms with Gasteiger partial charge in [0.05, 0.1) is 11.7 Å². The number of hydrogen-bond acceptors (Lipinski definition) is 2. The first-order chi connectivity index (χ1) is 5.40. The summed E-state index contributed by atoms with van der Waals surface area (Å²) >= 11 is 4.54. The van der Waals surface area contributed by atoms with Crippen LogP contribution < -0.4 is 0 Å².